The number of nitrogens with zero attached hydrogens (tertiary/aromatic N) is 1. The molecule has 0 aliphatic rings. The van der Waals surface area contributed by atoms with Crippen LogP contribution in [0.2, 0.25) is 0 Å². The number of carbonyl (C=O) groups is 1. The van der Waals surface area contributed by atoms with Gasteiger partial charge in [0.15, 0.2) is 0 Å². The number of guanidine groups is 1. The molecule has 0 spiro atoms. The van der Waals surface area contributed by atoms with Gasteiger partial charge in [-0.2, -0.15) is 0 Å². The molecule has 0 heterocycles. The molecule has 11 heavy (non-hydrogen) atoms. The average Bonchev–Trinajstić information content (AvgIpc) is 1.97. The van der Waals surface area contributed by atoms with E-state index in [1.165, 1.54) is 0 Å². The molecule has 6 heteroatoms. The number of nitrogens with two attached hydrogens (primary N) is 1. The van der Waals surface area contributed by atoms with Crippen LogP contribution in [-0.4, -0.2) is 28.8 Å². The topological polar surface area (TPSA) is 108 Å². The van der Waals surface area contributed by atoms with E-state index >= 15 is 0 Å². The van der Waals surface area contributed by atoms with E-state index in [4.69, 9.17) is 16.0 Å². The van der Waals surface area contributed by atoms with Gasteiger partial charge in [0.05, 0.1) is 0 Å². The van der Waals surface area contributed by atoms with Gasteiger partial charge in [-0.3, -0.25) is 15.0 Å². The lowest BCUT2D eigenvalue weighted by Gasteiger charge is -1.95. The highest BCUT2D eigenvalue weighted by Crippen LogP contribution is 1.88. The third-order valence-electron chi connectivity index (χ3n) is 0.945. The summed E-state index contributed by atoms with van der Waals surface area (Å²) in [5.74, 6) is -0.967. The van der Waals surface area contributed by atoms with Crippen molar-refractivity contribution in [1.82, 2.24) is 5.48 Å². The van der Waals surface area contributed by atoms with E-state index < -0.39 is 5.97 Å². The molecule has 0 saturated carbocycles. The summed E-state index contributed by atoms with van der Waals surface area (Å²) in [6.45, 7) is 0.297. The maximum Gasteiger partial charge on any atom is 0.303 e. The van der Waals surface area contributed by atoms with Gasteiger partial charge in [0.1, 0.15) is 0 Å². The van der Waals surface area contributed by atoms with E-state index in [0.717, 1.165) is 0 Å². The van der Waals surface area contributed by atoms with Gasteiger partial charge in [0, 0.05) is 13.0 Å². The summed E-state index contributed by atoms with van der Waals surface area (Å²) in [6.07, 6.45) is 0.472. The zero-order chi connectivity index (χ0) is 8.69. The lowest BCUT2D eigenvalue weighted by molar-refractivity contribution is -0.137. The van der Waals surface area contributed by atoms with Gasteiger partial charge in [-0.05, 0) is 6.42 Å². The monoisotopic (exact) mass is 161 g/mol. The van der Waals surface area contributed by atoms with Gasteiger partial charge in [-0.1, -0.05) is 0 Å². The van der Waals surface area contributed by atoms with Crippen molar-refractivity contribution < 1.29 is 15.1 Å². The highest BCUT2D eigenvalue weighted by atomic mass is 16.5. The summed E-state index contributed by atoms with van der Waals surface area (Å²) in [5, 5.41) is 16.3. The lowest BCUT2D eigenvalue weighted by Crippen LogP contribution is -2.28. The van der Waals surface area contributed by atoms with Crippen molar-refractivity contribution >= 4 is 11.9 Å². The predicted octanol–water partition coefficient (Wildman–Crippen LogP) is -0.855. The molecule has 0 aromatic heterocycles. The molecule has 0 atom stereocenters. The van der Waals surface area contributed by atoms with Crippen LogP contribution in [0.3, 0.4) is 0 Å². The molecule has 5 N–H and O–H groups in total. The Morgan fingerprint density at radius 2 is 2.27 bits per heavy atom. The normalized spacial score (nSPS) is 11.2. The number of hydroxylamine groups is 1. The molecule has 64 valence electrons. The fourth-order valence-electron chi connectivity index (χ4n) is 0.465. The molecule has 0 bridgehead atoms. The molecule has 0 radical (unpaired) electrons. The van der Waals surface area contributed by atoms with E-state index in [-0.39, 0.29) is 12.4 Å². The van der Waals surface area contributed by atoms with Crippen molar-refractivity contribution in [1.29, 1.82) is 0 Å². The Morgan fingerprint density at radius 1 is 1.64 bits per heavy atom. The summed E-state index contributed by atoms with van der Waals surface area (Å²) in [6, 6.07) is 0. The minimum Gasteiger partial charge on any atom is -0.481 e. The van der Waals surface area contributed by atoms with Gasteiger partial charge >= 0.3 is 5.97 Å². The first-order valence-corrected chi connectivity index (χ1v) is 3.08. The molecule has 0 aromatic carbocycles. The Balaban J connectivity index is 3.33. The summed E-state index contributed by atoms with van der Waals surface area (Å²) < 4.78 is 0. The second kappa shape index (κ2) is 5.48. The number of aliphatic carboxylic acids is 1. The second-order valence-corrected chi connectivity index (χ2v) is 1.88. The molecule has 0 aliphatic carbocycles. The van der Waals surface area contributed by atoms with E-state index in [1.54, 1.807) is 5.48 Å². The van der Waals surface area contributed by atoms with Gasteiger partial charge in [0.2, 0.25) is 5.96 Å². The Kier molecular flexibility index (Phi) is 4.83. The molecular weight excluding hydrogens is 150 g/mol. The highest BCUT2D eigenvalue weighted by molar-refractivity contribution is 5.76. The number of carboxylic acids is 1. The van der Waals surface area contributed by atoms with Crippen molar-refractivity contribution in [2.75, 3.05) is 6.54 Å². The first-order valence-electron chi connectivity index (χ1n) is 3.08. The largest absolute Gasteiger partial charge is 0.481 e. The number of aliphatic imine (C=N–C) groups is 1. The smallest absolute Gasteiger partial charge is 0.303 e. The minimum atomic E-state index is -0.865. The maximum atomic E-state index is 9.97. The number of hydrogen-bond donors (Lipinski definition) is 4. The molecule has 0 rings (SSSR count). The number of hydrogen-bond acceptors (Lipinski definition) is 3. The number of rotatable bonds is 4. The summed E-state index contributed by atoms with van der Waals surface area (Å²) in [4.78, 5) is 13.6. The van der Waals surface area contributed by atoms with E-state index in [9.17, 15) is 4.79 Å². The molecule has 0 unspecified atom stereocenters. The fourth-order valence-corrected chi connectivity index (χ4v) is 0.465. The van der Waals surface area contributed by atoms with Crippen LogP contribution < -0.4 is 11.2 Å². The fraction of sp³-hybridized carbons (Fsp3) is 0.600. The second-order valence-electron chi connectivity index (χ2n) is 1.88. The van der Waals surface area contributed by atoms with Crippen molar-refractivity contribution in [3.8, 4) is 0 Å². The van der Waals surface area contributed by atoms with Crippen LogP contribution in [0.1, 0.15) is 12.8 Å². The third kappa shape index (κ3) is 6.59. The summed E-state index contributed by atoms with van der Waals surface area (Å²) >= 11 is 0. The van der Waals surface area contributed by atoms with Crippen molar-refractivity contribution in [3.63, 3.8) is 0 Å². The maximum absolute atomic E-state index is 9.97. The number of nitrogens with one attached hydrogen (secondary N) is 1. The first-order chi connectivity index (χ1) is 5.16. The molecule has 0 fully saturated rings. The van der Waals surface area contributed by atoms with Crippen molar-refractivity contribution in [3.05, 3.63) is 0 Å². The van der Waals surface area contributed by atoms with Crippen LogP contribution in [0, 0.1) is 0 Å². The predicted molar refractivity (Wildman–Crippen MR) is 38.3 cm³/mol. The van der Waals surface area contributed by atoms with Crippen LogP contribution in [0.5, 0.6) is 0 Å². The summed E-state index contributed by atoms with van der Waals surface area (Å²) in [5.41, 5.74) is 6.66. The van der Waals surface area contributed by atoms with Crippen LogP contribution in [0.25, 0.3) is 0 Å². The molecule has 0 amide bonds. The molecule has 0 aromatic rings. The van der Waals surface area contributed by atoms with Gasteiger partial charge in [-0.15, -0.1) is 0 Å². The van der Waals surface area contributed by atoms with Gasteiger partial charge in [0.25, 0.3) is 0 Å². The lowest BCUT2D eigenvalue weighted by atomic mass is 10.3. The van der Waals surface area contributed by atoms with Crippen LogP contribution in [0.15, 0.2) is 4.99 Å². The van der Waals surface area contributed by atoms with Crippen LogP contribution >= 0.6 is 0 Å². The van der Waals surface area contributed by atoms with Crippen molar-refractivity contribution in [2.24, 2.45) is 10.7 Å². The first kappa shape index (κ1) is 9.70. The highest BCUT2D eigenvalue weighted by Gasteiger charge is 1.94. The Morgan fingerprint density at radius 3 is 2.73 bits per heavy atom. The SMILES string of the molecule is NC(=NCCCC(=O)O)NO. The Labute approximate surface area is 63.7 Å². The molecule has 0 saturated heterocycles. The third-order valence-corrected chi connectivity index (χ3v) is 0.945. The molecular formula is C5H11N3O3. The molecule has 6 nitrogen and oxygen atoms in total. The quantitative estimate of drug-likeness (QED) is 0.186. The average molecular weight is 161 g/mol. The zero-order valence-electron chi connectivity index (χ0n) is 5.95. The van der Waals surface area contributed by atoms with Crippen molar-refractivity contribution in [2.45, 2.75) is 12.8 Å². The standard InChI is InChI=1S/C5H11N3O3/c6-5(8-11)7-3-1-2-4(9)10/h11H,1-3H2,(H,9,10)(H3,6,7,8). The Hall–Kier alpha value is -1.30. The zero-order valence-corrected chi connectivity index (χ0v) is 5.95. The van der Waals surface area contributed by atoms with Gasteiger partial charge in [-0.25, -0.2) is 5.48 Å². The van der Waals surface area contributed by atoms with E-state index in [0.29, 0.717) is 13.0 Å². The summed E-state index contributed by atoms with van der Waals surface area (Å²) in [7, 11) is 0. The number of carboxylic acid groups (broad SMARTS) is 1. The van der Waals surface area contributed by atoms with Crippen LogP contribution in [0.4, 0.5) is 0 Å². The van der Waals surface area contributed by atoms with Gasteiger partial charge < -0.3 is 10.8 Å². The Bertz CT molecular complexity index is 157. The minimum absolute atomic E-state index is 0.0577. The molecule has 0 aliphatic heterocycles. The van der Waals surface area contributed by atoms with E-state index in [2.05, 4.69) is 4.99 Å². The van der Waals surface area contributed by atoms with E-state index in [1.807, 2.05) is 0 Å². The van der Waals surface area contributed by atoms with Crippen LogP contribution in [-0.2, 0) is 4.79 Å².